The fraction of sp³-hybridized carbons (Fsp3) is 0.0556. The minimum absolute atomic E-state index is 0. The number of benzene rings is 6. The van der Waals surface area contributed by atoms with Crippen molar-refractivity contribution in [3.63, 3.8) is 0 Å². The molecule has 2 N–H and O–H groups in total. The number of aromatic hydroxyl groups is 2. The molecule has 0 heterocycles. The first-order chi connectivity index (χ1) is 19.5. The molecule has 6 rings (SSSR count). The number of hydrogen-bond donors (Lipinski definition) is 2. The molecule has 0 aliphatic rings. The Bertz CT molecular complexity index is 1720. The van der Waals surface area contributed by atoms with Gasteiger partial charge in [-0.2, -0.15) is 0 Å². The Morgan fingerprint density at radius 2 is 0.829 bits per heavy atom. The van der Waals surface area contributed by atoms with Crippen molar-refractivity contribution in [3.8, 4) is 11.5 Å². The third kappa shape index (κ3) is 6.89. The van der Waals surface area contributed by atoms with Gasteiger partial charge in [0, 0.05) is 40.0 Å². The molecule has 0 amide bonds. The average molecular weight is 581 g/mol. The molecular weight excluding hydrogens is 551 g/mol. The van der Waals surface area contributed by atoms with Crippen LogP contribution in [0.2, 0.25) is 0 Å². The van der Waals surface area contributed by atoms with Crippen LogP contribution in [0.3, 0.4) is 0 Å². The van der Waals surface area contributed by atoms with E-state index in [1.165, 1.54) is 0 Å². The molecule has 0 saturated heterocycles. The van der Waals surface area contributed by atoms with Crippen LogP contribution >= 0.6 is 0 Å². The Kier molecular flexibility index (Phi) is 9.68. The summed E-state index contributed by atoms with van der Waals surface area (Å²) in [7, 11) is 0. The topological polar surface area (TPSA) is 65.2 Å². The largest absolute Gasteiger partial charge is 0.507 e. The van der Waals surface area contributed by atoms with Gasteiger partial charge in [0.05, 0.1) is 11.4 Å². The second-order valence-electron chi connectivity index (χ2n) is 9.53. The van der Waals surface area contributed by atoms with E-state index in [0.717, 1.165) is 55.2 Å². The van der Waals surface area contributed by atoms with E-state index in [1.54, 1.807) is 24.6 Å². The van der Waals surface area contributed by atoms with E-state index in [1.807, 2.05) is 123 Å². The zero-order valence-electron chi connectivity index (χ0n) is 22.8. The number of aliphatic imine (C=N–C) groups is 2. The zero-order valence-corrected chi connectivity index (χ0v) is 23.8. The van der Waals surface area contributed by atoms with Crippen LogP contribution in [0.1, 0.15) is 22.3 Å². The van der Waals surface area contributed by atoms with Gasteiger partial charge in [0.1, 0.15) is 11.5 Å². The molecule has 0 spiro atoms. The van der Waals surface area contributed by atoms with E-state index in [4.69, 9.17) is 0 Å². The summed E-state index contributed by atoms with van der Waals surface area (Å²) >= 11 is 0. The molecule has 206 valence electrons. The third-order valence-electron chi connectivity index (χ3n) is 6.79. The van der Waals surface area contributed by atoms with Crippen molar-refractivity contribution in [2.24, 2.45) is 9.98 Å². The van der Waals surface area contributed by atoms with Crippen LogP contribution in [0.5, 0.6) is 11.5 Å². The summed E-state index contributed by atoms with van der Waals surface area (Å²) in [4.78, 5) is 9.00. The summed E-state index contributed by atoms with van der Waals surface area (Å²) in [5.41, 5.74) is 5.57. The number of fused-ring (bicyclic) bond motifs is 2. The van der Waals surface area contributed by atoms with Gasteiger partial charge in [0.2, 0.25) is 0 Å². The summed E-state index contributed by atoms with van der Waals surface area (Å²) in [6.45, 7) is 4.05. The smallest absolute Gasteiger partial charge is 0.124 e. The molecule has 0 fully saturated rings. The molecule has 0 aliphatic heterocycles. The Balaban J connectivity index is 0.000000184. The van der Waals surface area contributed by atoms with Crippen molar-refractivity contribution in [1.29, 1.82) is 0 Å². The second-order valence-corrected chi connectivity index (χ2v) is 9.53. The molecule has 0 saturated carbocycles. The van der Waals surface area contributed by atoms with Crippen LogP contribution in [0.4, 0.5) is 11.4 Å². The quantitative estimate of drug-likeness (QED) is 0.161. The van der Waals surface area contributed by atoms with Crippen molar-refractivity contribution in [3.05, 3.63) is 144 Å². The van der Waals surface area contributed by atoms with Crippen LogP contribution < -0.4 is 0 Å². The maximum atomic E-state index is 10.1. The van der Waals surface area contributed by atoms with E-state index >= 15 is 0 Å². The van der Waals surface area contributed by atoms with E-state index in [0.29, 0.717) is 0 Å². The van der Waals surface area contributed by atoms with Crippen molar-refractivity contribution >= 4 is 45.3 Å². The number of nitrogens with zero attached hydrogens (tertiary/aromatic N) is 2. The van der Waals surface area contributed by atoms with Gasteiger partial charge in [0.25, 0.3) is 0 Å². The van der Waals surface area contributed by atoms with Crippen LogP contribution in [0, 0.1) is 13.8 Å². The normalized spacial score (nSPS) is 11.0. The van der Waals surface area contributed by atoms with Crippen molar-refractivity contribution in [1.82, 2.24) is 0 Å². The molecule has 6 aromatic carbocycles. The van der Waals surface area contributed by atoms with E-state index in [-0.39, 0.29) is 28.0 Å². The molecule has 0 atom stereocenters. The van der Waals surface area contributed by atoms with Gasteiger partial charge in [-0.3, -0.25) is 9.98 Å². The van der Waals surface area contributed by atoms with E-state index in [9.17, 15) is 10.2 Å². The standard InChI is InChI=1S/2C18H15NO.Ni/c2*1-13-6-2-5-9-17(13)19-12-16-15-8-4-3-7-14(15)10-11-18(16)20;/h2*2-12,20H,1H3;. The molecule has 0 bridgehead atoms. The number of hydrogen-bond acceptors (Lipinski definition) is 4. The minimum Gasteiger partial charge on any atom is -0.507 e. The van der Waals surface area contributed by atoms with Crippen LogP contribution in [0.25, 0.3) is 21.5 Å². The molecule has 0 unspecified atom stereocenters. The van der Waals surface area contributed by atoms with Gasteiger partial charge in [-0.1, -0.05) is 97.1 Å². The van der Waals surface area contributed by atoms with Gasteiger partial charge in [-0.05, 0) is 70.8 Å². The minimum atomic E-state index is 0. The summed E-state index contributed by atoms with van der Waals surface area (Å²) in [5.74, 6) is 0.502. The van der Waals surface area contributed by atoms with Crippen LogP contribution in [0.15, 0.2) is 131 Å². The number of para-hydroxylation sites is 2. The van der Waals surface area contributed by atoms with Crippen molar-refractivity contribution in [2.75, 3.05) is 0 Å². The molecule has 0 radical (unpaired) electrons. The van der Waals surface area contributed by atoms with Crippen molar-refractivity contribution < 1.29 is 26.7 Å². The van der Waals surface area contributed by atoms with Crippen LogP contribution in [-0.2, 0) is 16.5 Å². The number of aryl methyl sites for hydroxylation is 2. The summed E-state index contributed by atoms with van der Waals surface area (Å²) in [6, 6.07) is 39.1. The maximum Gasteiger partial charge on any atom is 0.124 e. The first-order valence-electron chi connectivity index (χ1n) is 13.1. The zero-order chi connectivity index (χ0) is 27.9. The SMILES string of the molecule is Cc1ccccc1N=Cc1c(O)ccc2ccccc12.Cc1ccccc1N=Cc1c(O)ccc2ccccc12.[Ni]. The van der Waals surface area contributed by atoms with Gasteiger partial charge in [-0.15, -0.1) is 0 Å². The Hall–Kier alpha value is -4.73. The van der Waals surface area contributed by atoms with Crippen LogP contribution in [-0.4, -0.2) is 22.6 Å². The van der Waals surface area contributed by atoms with E-state index < -0.39 is 0 Å². The summed E-state index contributed by atoms with van der Waals surface area (Å²) in [6.07, 6.45) is 3.47. The molecule has 0 aromatic heterocycles. The van der Waals surface area contributed by atoms with Gasteiger partial charge in [0.15, 0.2) is 0 Å². The van der Waals surface area contributed by atoms with Gasteiger partial charge < -0.3 is 10.2 Å². The first kappa shape index (κ1) is 29.3. The maximum absolute atomic E-state index is 10.1. The first-order valence-corrected chi connectivity index (χ1v) is 13.1. The summed E-state index contributed by atoms with van der Waals surface area (Å²) < 4.78 is 0. The fourth-order valence-electron chi connectivity index (χ4n) is 4.52. The second kappa shape index (κ2) is 13.6. The predicted molar refractivity (Wildman–Crippen MR) is 168 cm³/mol. The molecule has 6 aromatic rings. The Morgan fingerprint density at radius 1 is 0.463 bits per heavy atom. The van der Waals surface area contributed by atoms with Gasteiger partial charge in [-0.25, -0.2) is 0 Å². The number of rotatable bonds is 4. The molecular formula is C36H30N2NiO2. The Labute approximate surface area is 250 Å². The molecule has 41 heavy (non-hydrogen) atoms. The summed E-state index contributed by atoms with van der Waals surface area (Å²) in [5, 5.41) is 24.3. The predicted octanol–water partition coefficient (Wildman–Crippen LogP) is 9.21. The average Bonchev–Trinajstić information content (AvgIpc) is 2.98. The molecule has 5 heteroatoms. The monoisotopic (exact) mass is 580 g/mol. The number of phenols is 2. The Morgan fingerprint density at radius 3 is 1.24 bits per heavy atom. The molecule has 4 nitrogen and oxygen atoms in total. The number of phenolic OH excluding ortho intramolecular Hbond substituents is 2. The fourth-order valence-corrected chi connectivity index (χ4v) is 4.52. The van der Waals surface area contributed by atoms with E-state index in [2.05, 4.69) is 9.98 Å². The third-order valence-corrected chi connectivity index (χ3v) is 6.79. The van der Waals surface area contributed by atoms with Gasteiger partial charge >= 0.3 is 0 Å². The molecule has 0 aliphatic carbocycles. The van der Waals surface area contributed by atoms with Crippen molar-refractivity contribution in [2.45, 2.75) is 13.8 Å².